The summed E-state index contributed by atoms with van der Waals surface area (Å²) >= 11 is 0. The van der Waals surface area contributed by atoms with Gasteiger partial charge in [0.25, 0.3) is 0 Å². The molecule has 4 nitrogen and oxygen atoms in total. The second-order valence-electron chi connectivity index (χ2n) is 3.46. The molecule has 12 heavy (non-hydrogen) atoms. The highest BCUT2D eigenvalue weighted by molar-refractivity contribution is 5.72. The summed E-state index contributed by atoms with van der Waals surface area (Å²) in [6.45, 7) is 0. The third kappa shape index (κ3) is 1.88. The third-order valence-electron chi connectivity index (χ3n) is 2.63. The largest absolute Gasteiger partial charge is 0.351 e. The van der Waals surface area contributed by atoms with Gasteiger partial charge >= 0.3 is 6.03 Å². The van der Waals surface area contributed by atoms with Crippen molar-refractivity contribution in [2.45, 2.75) is 37.8 Å². The standard InChI is InChI=1S/C8H17N3O/c1-11(8(10)12)7-5-3-2-4-6(7)9/h6-7H,2-5,9H2,1H3,(H2,10,12). The highest BCUT2D eigenvalue weighted by Gasteiger charge is 2.26. The van der Waals surface area contributed by atoms with Crippen LogP contribution >= 0.6 is 0 Å². The van der Waals surface area contributed by atoms with Crippen molar-refractivity contribution < 1.29 is 4.79 Å². The van der Waals surface area contributed by atoms with E-state index in [1.165, 1.54) is 6.42 Å². The average Bonchev–Trinajstić information content (AvgIpc) is 2.04. The summed E-state index contributed by atoms with van der Waals surface area (Å²) in [6.07, 6.45) is 4.31. The molecule has 0 aliphatic heterocycles. The molecule has 2 atom stereocenters. The van der Waals surface area contributed by atoms with E-state index in [9.17, 15) is 4.79 Å². The van der Waals surface area contributed by atoms with E-state index in [4.69, 9.17) is 11.5 Å². The topological polar surface area (TPSA) is 72.3 Å². The van der Waals surface area contributed by atoms with E-state index in [2.05, 4.69) is 0 Å². The molecule has 1 aliphatic rings. The molecular formula is C8H17N3O. The van der Waals surface area contributed by atoms with Crippen LogP contribution in [0.5, 0.6) is 0 Å². The Morgan fingerprint density at radius 2 is 2.00 bits per heavy atom. The van der Waals surface area contributed by atoms with Crippen molar-refractivity contribution in [2.24, 2.45) is 11.5 Å². The van der Waals surface area contributed by atoms with Gasteiger partial charge in [-0.1, -0.05) is 12.8 Å². The predicted octanol–water partition coefficient (Wildman–Crippen LogP) is 0.267. The van der Waals surface area contributed by atoms with E-state index >= 15 is 0 Å². The molecule has 70 valence electrons. The summed E-state index contributed by atoms with van der Waals surface area (Å²) < 4.78 is 0. The number of nitrogens with two attached hydrogens (primary N) is 2. The minimum Gasteiger partial charge on any atom is -0.351 e. The fourth-order valence-electron chi connectivity index (χ4n) is 1.78. The van der Waals surface area contributed by atoms with E-state index in [0.29, 0.717) is 0 Å². The van der Waals surface area contributed by atoms with Crippen molar-refractivity contribution in [3.63, 3.8) is 0 Å². The number of carbonyl (C=O) groups excluding carboxylic acids is 1. The van der Waals surface area contributed by atoms with Crippen LogP contribution in [-0.2, 0) is 0 Å². The Bertz CT molecular complexity index is 172. The Kier molecular flexibility index (Phi) is 2.92. The van der Waals surface area contributed by atoms with Gasteiger partial charge in [-0.2, -0.15) is 0 Å². The molecule has 0 bridgehead atoms. The lowest BCUT2D eigenvalue weighted by Gasteiger charge is -2.34. The molecule has 1 rings (SSSR count). The van der Waals surface area contributed by atoms with Gasteiger partial charge in [-0.3, -0.25) is 0 Å². The van der Waals surface area contributed by atoms with Gasteiger partial charge in [0.2, 0.25) is 0 Å². The first kappa shape index (κ1) is 9.32. The van der Waals surface area contributed by atoms with Crippen LogP contribution in [0.3, 0.4) is 0 Å². The highest BCUT2D eigenvalue weighted by atomic mass is 16.2. The van der Waals surface area contributed by atoms with Crippen LogP contribution in [0.4, 0.5) is 4.79 Å². The van der Waals surface area contributed by atoms with Crippen molar-refractivity contribution in [1.82, 2.24) is 4.90 Å². The summed E-state index contributed by atoms with van der Waals surface area (Å²) in [7, 11) is 1.72. The number of hydrogen-bond acceptors (Lipinski definition) is 2. The van der Waals surface area contributed by atoms with Crippen LogP contribution in [0.2, 0.25) is 0 Å². The maximum Gasteiger partial charge on any atom is 0.314 e. The first-order chi connectivity index (χ1) is 5.63. The second-order valence-corrected chi connectivity index (χ2v) is 3.46. The van der Waals surface area contributed by atoms with Crippen molar-refractivity contribution >= 4 is 6.03 Å². The molecular weight excluding hydrogens is 154 g/mol. The number of carbonyl (C=O) groups is 1. The molecule has 4 N–H and O–H groups in total. The fraction of sp³-hybridized carbons (Fsp3) is 0.875. The average molecular weight is 171 g/mol. The van der Waals surface area contributed by atoms with Crippen molar-refractivity contribution in [3.05, 3.63) is 0 Å². The monoisotopic (exact) mass is 171 g/mol. The number of rotatable bonds is 1. The zero-order valence-electron chi connectivity index (χ0n) is 7.49. The predicted molar refractivity (Wildman–Crippen MR) is 47.6 cm³/mol. The maximum absolute atomic E-state index is 10.8. The lowest BCUT2D eigenvalue weighted by atomic mass is 9.90. The molecule has 1 aliphatic carbocycles. The molecule has 0 aromatic rings. The van der Waals surface area contributed by atoms with E-state index < -0.39 is 0 Å². The van der Waals surface area contributed by atoms with Gasteiger partial charge in [0.05, 0.1) is 0 Å². The van der Waals surface area contributed by atoms with Crippen molar-refractivity contribution in [3.8, 4) is 0 Å². The van der Waals surface area contributed by atoms with Crippen LogP contribution in [0, 0.1) is 0 Å². The molecule has 0 heterocycles. The van der Waals surface area contributed by atoms with Crippen LogP contribution in [0.25, 0.3) is 0 Å². The number of likely N-dealkylation sites (N-methyl/N-ethyl adjacent to an activating group) is 1. The van der Waals surface area contributed by atoms with Crippen LogP contribution in [0.15, 0.2) is 0 Å². The Morgan fingerprint density at radius 3 is 2.50 bits per heavy atom. The van der Waals surface area contributed by atoms with Gasteiger partial charge in [-0.05, 0) is 12.8 Å². The highest BCUT2D eigenvalue weighted by Crippen LogP contribution is 2.20. The van der Waals surface area contributed by atoms with Gasteiger partial charge in [0, 0.05) is 19.1 Å². The molecule has 2 unspecified atom stereocenters. The number of amides is 2. The molecule has 0 radical (unpaired) electrons. The van der Waals surface area contributed by atoms with E-state index in [0.717, 1.165) is 19.3 Å². The van der Waals surface area contributed by atoms with Crippen molar-refractivity contribution in [1.29, 1.82) is 0 Å². The summed E-state index contributed by atoms with van der Waals surface area (Å²) in [5, 5.41) is 0. The Morgan fingerprint density at radius 1 is 1.42 bits per heavy atom. The zero-order chi connectivity index (χ0) is 9.14. The second kappa shape index (κ2) is 3.76. The summed E-state index contributed by atoms with van der Waals surface area (Å²) in [5.74, 6) is 0. The first-order valence-corrected chi connectivity index (χ1v) is 4.40. The third-order valence-corrected chi connectivity index (χ3v) is 2.63. The minimum atomic E-state index is -0.377. The summed E-state index contributed by atoms with van der Waals surface area (Å²) in [4.78, 5) is 12.4. The van der Waals surface area contributed by atoms with Crippen LogP contribution < -0.4 is 11.5 Å². The quantitative estimate of drug-likeness (QED) is 0.594. The molecule has 0 aromatic carbocycles. The number of nitrogens with zero attached hydrogens (tertiary/aromatic N) is 1. The fourth-order valence-corrected chi connectivity index (χ4v) is 1.78. The van der Waals surface area contributed by atoms with Crippen LogP contribution in [-0.4, -0.2) is 30.1 Å². The zero-order valence-corrected chi connectivity index (χ0v) is 7.49. The van der Waals surface area contributed by atoms with Gasteiger partial charge in [-0.15, -0.1) is 0 Å². The number of urea groups is 1. The van der Waals surface area contributed by atoms with Gasteiger partial charge in [0.15, 0.2) is 0 Å². The Hall–Kier alpha value is -0.770. The van der Waals surface area contributed by atoms with Gasteiger partial charge in [-0.25, -0.2) is 4.79 Å². The van der Waals surface area contributed by atoms with E-state index in [1.54, 1.807) is 11.9 Å². The molecule has 2 amide bonds. The number of primary amides is 1. The SMILES string of the molecule is CN(C(N)=O)C1CCCCC1N. The van der Waals surface area contributed by atoms with Gasteiger partial charge < -0.3 is 16.4 Å². The lowest BCUT2D eigenvalue weighted by Crippen LogP contribution is -2.51. The molecule has 0 spiro atoms. The summed E-state index contributed by atoms with van der Waals surface area (Å²) in [6, 6.07) is -0.121. The normalized spacial score (nSPS) is 29.8. The molecule has 1 fully saturated rings. The Labute approximate surface area is 72.9 Å². The summed E-state index contributed by atoms with van der Waals surface area (Å²) in [5.41, 5.74) is 11.0. The molecule has 1 saturated carbocycles. The molecule has 0 saturated heterocycles. The van der Waals surface area contributed by atoms with Crippen LogP contribution in [0.1, 0.15) is 25.7 Å². The minimum absolute atomic E-state index is 0.108. The first-order valence-electron chi connectivity index (χ1n) is 4.40. The smallest absolute Gasteiger partial charge is 0.314 e. The lowest BCUT2D eigenvalue weighted by molar-refractivity contribution is 0.171. The Balaban J connectivity index is 2.53. The number of hydrogen-bond donors (Lipinski definition) is 2. The maximum atomic E-state index is 10.8. The van der Waals surface area contributed by atoms with Gasteiger partial charge in [0.1, 0.15) is 0 Å². The van der Waals surface area contributed by atoms with Crippen molar-refractivity contribution in [2.75, 3.05) is 7.05 Å². The van der Waals surface area contributed by atoms with E-state index in [-0.39, 0.29) is 18.1 Å². The van der Waals surface area contributed by atoms with E-state index in [1.807, 2.05) is 0 Å². The molecule has 0 aromatic heterocycles. The molecule has 4 heteroatoms.